The van der Waals surface area contributed by atoms with Crippen LogP contribution in [0.4, 0.5) is 5.82 Å². The summed E-state index contributed by atoms with van der Waals surface area (Å²) in [6.45, 7) is 8.38. The second-order valence-electron chi connectivity index (χ2n) is 6.35. The van der Waals surface area contributed by atoms with E-state index in [2.05, 4.69) is 36.1 Å². The standard InChI is InChI=1S/C15H25N3O/c1-10-12(16-5)17-14(15(2,3)4)18-13(10)19-11-8-6-7-9-11/h11H,6-9H2,1-5H3,(H,16,17,18). The van der Waals surface area contributed by atoms with Crippen LogP contribution in [0.2, 0.25) is 0 Å². The highest BCUT2D eigenvalue weighted by molar-refractivity contribution is 5.48. The molecule has 0 radical (unpaired) electrons. The van der Waals surface area contributed by atoms with Gasteiger partial charge in [-0.2, -0.15) is 4.98 Å². The van der Waals surface area contributed by atoms with E-state index in [0.717, 1.165) is 35.9 Å². The van der Waals surface area contributed by atoms with Crippen molar-refractivity contribution in [2.75, 3.05) is 12.4 Å². The van der Waals surface area contributed by atoms with Crippen LogP contribution in [0.3, 0.4) is 0 Å². The molecule has 1 aromatic heterocycles. The second-order valence-corrected chi connectivity index (χ2v) is 6.35. The molecule has 2 rings (SSSR count). The highest BCUT2D eigenvalue weighted by Gasteiger charge is 2.24. The fourth-order valence-corrected chi connectivity index (χ4v) is 2.35. The van der Waals surface area contributed by atoms with E-state index in [1.807, 2.05) is 14.0 Å². The van der Waals surface area contributed by atoms with E-state index in [9.17, 15) is 0 Å². The molecule has 1 fully saturated rings. The maximum absolute atomic E-state index is 6.09. The predicted octanol–water partition coefficient (Wildman–Crippen LogP) is 3.45. The van der Waals surface area contributed by atoms with Crippen molar-refractivity contribution in [3.63, 3.8) is 0 Å². The number of anilines is 1. The van der Waals surface area contributed by atoms with Gasteiger partial charge in [0.15, 0.2) is 0 Å². The van der Waals surface area contributed by atoms with Crippen LogP contribution in [0.1, 0.15) is 57.8 Å². The molecule has 1 N–H and O–H groups in total. The van der Waals surface area contributed by atoms with Gasteiger partial charge in [0.05, 0.1) is 5.56 Å². The zero-order valence-corrected chi connectivity index (χ0v) is 12.7. The van der Waals surface area contributed by atoms with E-state index in [-0.39, 0.29) is 5.41 Å². The van der Waals surface area contributed by atoms with Gasteiger partial charge in [0.1, 0.15) is 17.7 Å². The van der Waals surface area contributed by atoms with Crippen LogP contribution >= 0.6 is 0 Å². The molecule has 0 amide bonds. The number of rotatable bonds is 3. The van der Waals surface area contributed by atoms with Crippen LogP contribution in [0.5, 0.6) is 5.88 Å². The second kappa shape index (κ2) is 5.35. The molecule has 0 bridgehead atoms. The van der Waals surface area contributed by atoms with Gasteiger partial charge in [0, 0.05) is 12.5 Å². The summed E-state index contributed by atoms with van der Waals surface area (Å²) in [5.41, 5.74) is 0.926. The molecule has 19 heavy (non-hydrogen) atoms. The minimum atomic E-state index is -0.0763. The number of aromatic nitrogens is 2. The lowest BCUT2D eigenvalue weighted by Crippen LogP contribution is -2.20. The number of hydrogen-bond acceptors (Lipinski definition) is 4. The fourth-order valence-electron chi connectivity index (χ4n) is 2.35. The summed E-state index contributed by atoms with van der Waals surface area (Å²) >= 11 is 0. The Morgan fingerprint density at radius 3 is 2.32 bits per heavy atom. The summed E-state index contributed by atoms with van der Waals surface area (Å²) in [5.74, 6) is 2.44. The third-order valence-corrected chi connectivity index (χ3v) is 3.59. The van der Waals surface area contributed by atoms with E-state index in [1.165, 1.54) is 12.8 Å². The van der Waals surface area contributed by atoms with Crippen molar-refractivity contribution < 1.29 is 4.74 Å². The molecule has 4 heteroatoms. The average molecular weight is 263 g/mol. The number of nitrogens with zero attached hydrogens (tertiary/aromatic N) is 2. The van der Waals surface area contributed by atoms with Crippen molar-refractivity contribution in [1.29, 1.82) is 0 Å². The molecule has 0 unspecified atom stereocenters. The van der Waals surface area contributed by atoms with Crippen LogP contribution in [-0.2, 0) is 5.41 Å². The minimum absolute atomic E-state index is 0.0763. The van der Waals surface area contributed by atoms with Gasteiger partial charge >= 0.3 is 0 Å². The van der Waals surface area contributed by atoms with E-state index < -0.39 is 0 Å². The van der Waals surface area contributed by atoms with Crippen LogP contribution in [0.15, 0.2) is 0 Å². The normalized spacial score (nSPS) is 16.7. The number of ether oxygens (including phenoxy) is 1. The Kier molecular flexibility index (Phi) is 3.97. The summed E-state index contributed by atoms with van der Waals surface area (Å²) in [5, 5.41) is 3.14. The molecule has 0 aromatic carbocycles. The smallest absolute Gasteiger partial charge is 0.222 e. The zero-order valence-electron chi connectivity index (χ0n) is 12.7. The molecule has 4 nitrogen and oxygen atoms in total. The summed E-state index contributed by atoms with van der Waals surface area (Å²) in [4.78, 5) is 9.24. The first-order valence-corrected chi connectivity index (χ1v) is 7.15. The van der Waals surface area contributed by atoms with Gasteiger partial charge in [-0.1, -0.05) is 20.8 Å². The molecule has 106 valence electrons. The lowest BCUT2D eigenvalue weighted by molar-refractivity contribution is 0.198. The van der Waals surface area contributed by atoms with Crippen LogP contribution in [0.25, 0.3) is 0 Å². The van der Waals surface area contributed by atoms with E-state index in [4.69, 9.17) is 4.74 Å². The average Bonchev–Trinajstić information content (AvgIpc) is 2.83. The molecule has 0 atom stereocenters. The van der Waals surface area contributed by atoms with Crippen molar-refractivity contribution in [2.45, 2.75) is 64.9 Å². The van der Waals surface area contributed by atoms with Gasteiger partial charge < -0.3 is 10.1 Å². The van der Waals surface area contributed by atoms with Crippen molar-refractivity contribution >= 4 is 5.82 Å². The van der Waals surface area contributed by atoms with Crippen molar-refractivity contribution in [3.05, 3.63) is 11.4 Å². The Labute approximate surface area is 116 Å². The molecular weight excluding hydrogens is 238 g/mol. The molecule has 1 aromatic rings. The molecule has 1 saturated carbocycles. The molecule has 0 aliphatic heterocycles. The summed E-state index contributed by atoms with van der Waals surface area (Å²) in [6, 6.07) is 0. The lowest BCUT2D eigenvalue weighted by atomic mass is 9.95. The van der Waals surface area contributed by atoms with E-state index in [0.29, 0.717) is 6.10 Å². The molecule has 0 saturated heterocycles. The Hall–Kier alpha value is -1.32. The fraction of sp³-hybridized carbons (Fsp3) is 0.733. The summed E-state index contributed by atoms with van der Waals surface area (Å²) < 4.78 is 6.09. The van der Waals surface area contributed by atoms with Gasteiger partial charge in [-0.25, -0.2) is 4.98 Å². The quantitative estimate of drug-likeness (QED) is 0.907. The Bertz CT molecular complexity index is 445. The van der Waals surface area contributed by atoms with Gasteiger partial charge in [-0.3, -0.25) is 0 Å². The largest absolute Gasteiger partial charge is 0.474 e. The van der Waals surface area contributed by atoms with Crippen molar-refractivity contribution in [1.82, 2.24) is 9.97 Å². The first-order valence-electron chi connectivity index (χ1n) is 7.15. The van der Waals surface area contributed by atoms with E-state index in [1.54, 1.807) is 0 Å². The van der Waals surface area contributed by atoms with Crippen LogP contribution < -0.4 is 10.1 Å². The van der Waals surface area contributed by atoms with Gasteiger partial charge in [-0.05, 0) is 32.6 Å². The number of nitrogens with one attached hydrogen (secondary N) is 1. The first-order chi connectivity index (χ1) is 8.91. The molecule has 1 heterocycles. The van der Waals surface area contributed by atoms with Crippen molar-refractivity contribution in [3.8, 4) is 5.88 Å². The SMILES string of the molecule is CNc1nc(C(C)(C)C)nc(OC2CCCC2)c1C. The monoisotopic (exact) mass is 263 g/mol. The maximum atomic E-state index is 6.09. The Morgan fingerprint density at radius 1 is 1.16 bits per heavy atom. The third kappa shape index (κ3) is 3.17. The zero-order chi connectivity index (χ0) is 14.0. The van der Waals surface area contributed by atoms with Crippen LogP contribution in [-0.4, -0.2) is 23.1 Å². The first kappa shape index (κ1) is 14.1. The highest BCUT2D eigenvalue weighted by atomic mass is 16.5. The molecule has 1 aliphatic carbocycles. The maximum Gasteiger partial charge on any atom is 0.222 e. The van der Waals surface area contributed by atoms with E-state index >= 15 is 0 Å². The third-order valence-electron chi connectivity index (χ3n) is 3.59. The van der Waals surface area contributed by atoms with Crippen LogP contribution in [0, 0.1) is 6.92 Å². The van der Waals surface area contributed by atoms with Crippen molar-refractivity contribution in [2.24, 2.45) is 0 Å². The lowest BCUT2D eigenvalue weighted by Gasteiger charge is -2.21. The molecular formula is C15H25N3O. The Balaban J connectivity index is 2.34. The van der Waals surface area contributed by atoms with Gasteiger partial charge in [0.25, 0.3) is 0 Å². The summed E-state index contributed by atoms with van der Waals surface area (Å²) in [7, 11) is 1.89. The minimum Gasteiger partial charge on any atom is -0.474 e. The summed E-state index contributed by atoms with van der Waals surface area (Å²) in [6.07, 6.45) is 5.14. The predicted molar refractivity (Wildman–Crippen MR) is 77.9 cm³/mol. The molecule has 0 spiro atoms. The molecule has 1 aliphatic rings. The van der Waals surface area contributed by atoms with Gasteiger partial charge in [-0.15, -0.1) is 0 Å². The topological polar surface area (TPSA) is 47.0 Å². The van der Waals surface area contributed by atoms with Gasteiger partial charge in [0.2, 0.25) is 5.88 Å². The Morgan fingerprint density at radius 2 is 1.79 bits per heavy atom. The highest BCUT2D eigenvalue weighted by Crippen LogP contribution is 2.30. The number of hydrogen-bond donors (Lipinski definition) is 1.